The zero-order valence-corrected chi connectivity index (χ0v) is 8.79. The summed E-state index contributed by atoms with van der Waals surface area (Å²) in [5.41, 5.74) is 1.05. The van der Waals surface area contributed by atoms with Crippen LogP contribution in [0.25, 0.3) is 0 Å². The Labute approximate surface area is 81.4 Å². The average molecular weight is 199 g/mol. The number of rotatable bonds is 2. The molecule has 0 aliphatic heterocycles. The summed E-state index contributed by atoms with van der Waals surface area (Å²) >= 11 is 1.50. The van der Waals surface area contributed by atoms with E-state index < -0.39 is 0 Å². The number of nitrogens with zero attached hydrogens (tertiary/aromatic N) is 1. The summed E-state index contributed by atoms with van der Waals surface area (Å²) in [6.45, 7) is 4.05. The van der Waals surface area contributed by atoms with Crippen molar-refractivity contribution in [2.75, 3.05) is 12.4 Å². The first-order chi connectivity index (χ1) is 6.17. The van der Waals surface area contributed by atoms with E-state index in [2.05, 4.69) is 15.6 Å². The van der Waals surface area contributed by atoms with Gasteiger partial charge >= 0.3 is 6.03 Å². The summed E-state index contributed by atoms with van der Waals surface area (Å²) in [4.78, 5) is 16.4. The highest BCUT2D eigenvalue weighted by atomic mass is 32.1. The number of anilines is 1. The molecule has 0 spiro atoms. The van der Waals surface area contributed by atoms with E-state index in [1.807, 2.05) is 13.8 Å². The van der Waals surface area contributed by atoms with E-state index in [1.165, 1.54) is 11.3 Å². The van der Waals surface area contributed by atoms with Crippen LogP contribution in [0.4, 0.5) is 9.93 Å². The van der Waals surface area contributed by atoms with Crippen LogP contribution in [0.5, 0.6) is 0 Å². The lowest BCUT2D eigenvalue weighted by atomic mass is 10.3. The van der Waals surface area contributed by atoms with Crippen molar-refractivity contribution >= 4 is 22.5 Å². The van der Waals surface area contributed by atoms with Gasteiger partial charge in [0.2, 0.25) is 0 Å². The molecule has 0 atom stereocenters. The summed E-state index contributed by atoms with van der Waals surface area (Å²) in [6.07, 6.45) is 0.901. The average Bonchev–Trinajstić information content (AvgIpc) is 2.46. The first-order valence-electron chi connectivity index (χ1n) is 4.12. The monoisotopic (exact) mass is 199 g/mol. The van der Waals surface area contributed by atoms with E-state index in [1.54, 1.807) is 7.05 Å². The first kappa shape index (κ1) is 9.98. The number of nitrogens with one attached hydrogen (secondary N) is 2. The van der Waals surface area contributed by atoms with Crippen LogP contribution < -0.4 is 10.6 Å². The number of aryl methyl sites for hydroxylation is 2. The normalized spacial score (nSPS) is 9.77. The molecule has 0 aliphatic carbocycles. The fourth-order valence-corrected chi connectivity index (χ4v) is 1.87. The molecule has 1 aromatic heterocycles. The van der Waals surface area contributed by atoms with Crippen LogP contribution in [0.3, 0.4) is 0 Å². The highest BCUT2D eigenvalue weighted by molar-refractivity contribution is 7.15. The van der Waals surface area contributed by atoms with Gasteiger partial charge in [0, 0.05) is 11.9 Å². The number of amides is 2. The second kappa shape index (κ2) is 4.23. The Morgan fingerprint density at radius 3 is 2.77 bits per heavy atom. The Morgan fingerprint density at radius 2 is 2.31 bits per heavy atom. The molecular weight excluding hydrogens is 186 g/mol. The van der Waals surface area contributed by atoms with Gasteiger partial charge in [-0.3, -0.25) is 5.32 Å². The van der Waals surface area contributed by atoms with Crippen LogP contribution in [0.15, 0.2) is 0 Å². The van der Waals surface area contributed by atoms with Gasteiger partial charge in [0.05, 0.1) is 5.69 Å². The fourth-order valence-electron chi connectivity index (χ4n) is 0.969. The molecule has 13 heavy (non-hydrogen) atoms. The summed E-state index contributed by atoms with van der Waals surface area (Å²) in [5, 5.41) is 5.78. The van der Waals surface area contributed by atoms with Gasteiger partial charge in [0.15, 0.2) is 5.13 Å². The van der Waals surface area contributed by atoms with Crippen molar-refractivity contribution in [3.8, 4) is 0 Å². The van der Waals surface area contributed by atoms with Crippen molar-refractivity contribution in [2.24, 2.45) is 0 Å². The van der Waals surface area contributed by atoms with Crippen molar-refractivity contribution in [3.63, 3.8) is 0 Å². The number of carbonyl (C=O) groups excluding carboxylic acids is 1. The fraction of sp³-hybridized carbons (Fsp3) is 0.500. The Hall–Kier alpha value is -1.10. The predicted octanol–water partition coefficient (Wildman–Crippen LogP) is 1.77. The van der Waals surface area contributed by atoms with E-state index in [0.29, 0.717) is 5.13 Å². The standard InChI is InChI=1S/C8H13N3OS/c1-4-6-5(2)13-8(10-6)11-7(12)9-3/h4H2,1-3H3,(H2,9,10,11,12). The first-order valence-corrected chi connectivity index (χ1v) is 4.94. The highest BCUT2D eigenvalue weighted by Gasteiger charge is 2.07. The smallest absolute Gasteiger partial charge is 0.320 e. The van der Waals surface area contributed by atoms with Crippen molar-refractivity contribution < 1.29 is 4.79 Å². The molecule has 1 aromatic rings. The minimum atomic E-state index is -0.226. The van der Waals surface area contributed by atoms with Gasteiger partial charge in [-0.15, -0.1) is 11.3 Å². The topological polar surface area (TPSA) is 54.0 Å². The second-order valence-corrected chi connectivity index (χ2v) is 3.78. The van der Waals surface area contributed by atoms with Gasteiger partial charge in [-0.2, -0.15) is 0 Å². The molecule has 0 fully saturated rings. The van der Waals surface area contributed by atoms with E-state index >= 15 is 0 Å². The van der Waals surface area contributed by atoms with E-state index in [0.717, 1.165) is 17.0 Å². The molecule has 0 aromatic carbocycles. The van der Waals surface area contributed by atoms with Gasteiger partial charge < -0.3 is 5.32 Å². The van der Waals surface area contributed by atoms with E-state index in [-0.39, 0.29) is 6.03 Å². The highest BCUT2D eigenvalue weighted by Crippen LogP contribution is 2.21. The maximum Gasteiger partial charge on any atom is 0.320 e. The molecule has 0 saturated heterocycles. The van der Waals surface area contributed by atoms with Crippen LogP contribution >= 0.6 is 11.3 Å². The van der Waals surface area contributed by atoms with Crippen molar-refractivity contribution in [1.29, 1.82) is 0 Å². The number of carbonyl (C=O) groups is 1. The zero-order chi connectivity index (χ0) is 9.84. The van der Waals surface area contributed by atoms with E-state index in [9.17, 15) is 4.79 Å². The quantitative estimate of drug-likeness (QED) is 0.762. The van der Waals surface area contributed by atoms with Crippen molar-refractivity contribution in [3.05, 3.63) is 10.6 Å². The van der Waals surface area contributed by atoms with Gasteiger partial charge in [-0.05, 0) is 13.3 Å². The Morgan fingerprint density at radius 1 is 1.62 bits per heavy atom. The Balaban J connectivity index is 2.73. The number of hydrogen-bond acceptors (Lipinski definition) is 3. The SMILES string of the molecule is CCc1nc(NC(=O)NC)sc1C. The van der Waals surface area contributed by atoms with Crippen LogP contribution in [0.1, 0.15) is 17.5 Å². The van der Waals surface area contributed by atoms with E-state index in [4.69, 9.17) is 0 Å². The molecular formula is C8H13N3OS. The third-order valence-electron chi connectivity index (χ3n) is 1.68. The van der Waals surface area contributed by atoms with Crippen molar-refractivity contribution in [1.82, 2.24) is 10.3 Å². The van der Waals surface area contributed by atoms with Gasteiger partial charge in [-0.1, -0.05) is 6.92 Å². The van der Waals surface area contributed by atoms with Crippen molar-refractivity contribution in [2.45, 2.75) is 20.3 Å². The molecule has 0 aliphatic rings. The molecule has 2 N–H and O–H groups in total. The minimum absolute atomic E-state index is 0.226. The van der Waals surface area contributed by atoms with Gasteiger partial charge in [0.25, 0.3) is 0 Å². The maximum atomic E-state index is 10.9. The van der Waals surface area contributed by atoms with Crippen LogP contribution in [0, 0.1) is 6.92 Å². The maximum absolute atomic E-state index is 10.9. The Bertz CT molecular complexity index is 308. The summed E-state index contributed by atoms with van der Waals surface area (Å²) in [7, 11) is 1.58. The molecule has 0 saturated carbocycles. The van der Waals surface area contributed by atoms with Gasteiger partial charge in [0.1, 0.15) is 0 Å². The number of thiazole rings is 1. The summed E-state index contributed by atoms with van der Waals surface area (Å²) in [5.74, 6) is 0. The zero-order valence-electron chi connectivity index (χ0n) is 7.97. The molecule has 0 unspecified atom stereocenters. The lowest BCUT2D eigenvalue weighted by molar-refractivity contribution is 0.254. The number of aromatic nitrogens is 1. The number of hydrogen-bond donors (Lipinski definition) is 2. The molecule has 72 valence electrons. The molecule has 0 radical (unpaired) electrons. The second-order valence-electron chi connectivity index (χ2n) is 2.58. The summed E-state index contributed by atoms with van der Waals surface area (Å²) < 4.78 is 0. The largest absolute Gasteiger partial charge is 0.341 e. The van der Waals surface area contributed by atoms with Gasteiger partial charge in [-0.25, -0.2) is 9.78 Å². The lowest BCUT2D eigenvalue weighted by Crippen LogP contribution is -2.24. The molecule has 5 heteroatoms. The third kappa shape index (κ3) is 2.42. The molecule has 1 rings (SSSR count). The Kier molecular flexibility index (Phi) is 3.25. The third-order valence-corrected chi connectivity index (χ3v) is 2.60. The van der Waals surface area contributed by atoms with Crippen LogP contribution in [-0.4, -0.2) is 18.1 Å². The minimum Gasteiger partial charge on any atom is -0.341 e. The van der Waals surface area contributed by atoms with Crippen LogP contribution in [-0.2, 0) is 6.42 Å². The molecule has 0 bridgehead atoms. The van der Waals surface area contributed by atoms with Crippen LogP contribution in [0.2, 0.25) is 0 Å². The number of urea groups is 1. The molecule has 1 heterocycles. The predicted molar refractivity (Wildman–Crippen MR) is 54.3 cm³/mol. The lowest BCUT2D eigenvalue weighted by Gasteiger charge is -1.97. The molecule has 2 amide bonds. The molecule has 4 nitrogen and oxygen atoms in total. The summed E-state index contributed by atoms with van der Waals surface area (Å²) in [6, 6.07) is -0.226.